The second kappa shape index (κ2) is 8.29. The number of aromatic nitrogens is 4. The molecule has 3 aromatic heterocycles. The Kier molecular flexibility index (Phi) is 5.77. The first kappa shape index (κ1) is 23.0. The zero-order chi connectivity index (χ0) is 24.0. The molecule has 4 heterocycles. The predicted octanol–water partition coefficient (Wildman–Crippen LogP) is 3.94. The topological polar surface area (TPSA) is 84.6 Å². The van der Waals surface area contributed by atoms with Gasteiger partial charge in [-0.05, 0) is 24.6 Å². The van der Waals surface area contributed by atoms with E-state index < -0.39 is 23.1 Å². The van der Waals surface area contributed by atoms with Crippen LogP contribution in [0, 0.1) is 12.3 Å². The zero-order valence-electron chi connectivity index (χ0n) is 18.8. The van der Waals surface area contributed by atoms with Gasteiger partial charge in [0.05, 0.1) is 24.3 Å². The number of alkyl halides is 3. The molecule has 11 heteroatoms. The Morgan fingerprint density at radius 2 is 1.85 bits per heavy atom. The fraction of sp³-hybridized carbons (Fsp3) is 0.455. The van der Waals surface area contributed by atoms with Gasteiger partial charge in [0, 0.05) is 30.9 Å². The molecular formula is C22H25F3N6O2. The molecule has 1 saturated heterocycles. The first-order valence-electron chi connectivity index (χ1n) is 10.5. The minimum absolute atomic E-state index is 0.104. The molecule has 1 N–H and O–H groups in total. The lowest BCUT2D eigenvalue weighted by Crippen LogP contribution is -2.37. The largest absolute Gasteiger partial charge is 0.417 e. The number of nitrogens with one attached hydrogen (secondary N) is 1. The molecule has 176 valence electrons. The summed E-state index contributed by atoms with van der Waals surface area (Å²) < 4.78 is 49.0. The number of amides is 1. The molecular weight excluding hydrogens is 437 g/mol. The number of carbonyl (C=O) groups is 1. The minimum atomic E-state index is -4.70. The van der Waals surface area contributed by atoms with Crippen molar-refractivity contribution in [3.8, 4) is 11.4 Å². The van der Waals surface area contributed by atoms with Gasteiger partial charge < -0.3 is 15.0 Å². The summed E-state index contributed by atoms with van der Waals surface area (Å²) in [6, 6.07) is 2.71. The number of aryl methyl sites for hydroxylation is 1. The molecule has 0 bridgehead atoms. The van der Waals surface area contributed by atoms with E-state index in [-0.39, 0.29) is 17.2 Å². The van der Waals surface area contributed by atoms with E-state index >= 15 is 0 Å². The number of fused-ring (bicyclic) bond motifs is 1. The average molecular weight is 462 g/mol. The lowest BCUT2D eigenvalue weighted by atomic mass is 9.96. The van der Waals surface area contributed by atoms with Crippen molar-refractivity contribution in [2.24, 2.45) is 5.41 Å². The van der Waals surface area contributed by atoms with Crippen molar-refractivity contribution in [2.75, 3.05) is 36.5 Å². The van der Waals surface area contributed by atoms with Gasteiger partial charge in [0.15, 0.2) is 11.6 Å². The van der Waals surface area contributed by atoms with Gasteiger partial charge in [-0.25, -0.2) is 14.5 Å². The van der Waals surface area contributed by atoms with Gasteiger partial charge in [-0.3, -0.25) is 4.79 Å². The summed E-state index contributed by atoms with van der Waals surface area (Å²) in [4.78, 5) is 22.8. The van der Waals surface area contributed by atoms with Crippen LogP contribution < -0.4 is 10.2 Å². The van der Waals surface area contributed by atoms with Crippen molar-refractivity contribution in [3.63, 3.8) is 0 Å². The predicted molar refractivity (Wildman–Crippen MR) is 117 cm³/mol. The number of hydrogen-bond donors (Lipinski definition) is 1. The second-order valence-corrected chi connectivity index (χ2v) is 9.02. The lowest BCUT2D eigenvalue weighted by Gasteiger charge is -2.28. The van der Waals surface area contributed by atoms with E-state index in [9.17, 15) is 18.0 Å². The Morgan fingerprint density at radius 3 is 2.48 bits per heavy atom. The number of anilines is 2. The summed E-state index contributed by atoms with van der Waals surface area (Å²) in [5.74, 6) is -0.189. The van der Waals surface area contributed by atoms with Crippen molar-refractivity contribution >= 4 is 23.1 Å². The molecule has 33 heavy (non-hydrogen) atoms. The van der Waals surface area contributed by atoms with Crippen LogP contribution in [0.2, 0.25) is 0 Å². The van der Waals surface area contributed by atoms with Crippen molar-refractivity contribution in [3.05, 3.63) is 35.7 Å². The highest BCUT2D eigenvalue weighted by Gasteiger charge is 2.36. The normalized spacial score (nSPS) is 15.2. The number of rotatable bonds is 3. The van der Waals surface area contributed by atoms with Crippen molar-refractivity contribution in [1.82, 2.24) is 19.6 Å². The van der Waals surface area contributed by atoms with E-state index in [1.54, 1.807) is 27.0 Å². The molecule has 0 aliphatic carbocycles. The molecule has 0 radical (unpaired) electrons. The molecule has 8 nitrogen and oxygen atoms in total. The van der Waals surface area contributed by atoms with E-state index in [4.69, 9.17) is 4.74 Å². The van der Waals surface area contributed by atoms with E-state index in [1.165, 1.54) is 4.52 Å². The molecule has 1 fully saturated rings. The Morgan fingerprint density at radius 1 is 1.15 bits per heavy atom. The monoisotopic (exact) mass is 462 g/mol. The van der Waals surface area contributed by atoms with Crippen LogP contribution >= 0.6 is 0 Å². The maximum Gasteiger partial charge on any atom is 0.417 e. The number of morpholine rings is 1. The van der Waals surface area contributed by atoms with Gasteiger partial charge >= 0.3 is 6.18 Å². The molecule has 0 aromatic carbocycles. The second-order valence-electron chi connectivity index (χ2n) is 9.02. The van der Waals surface area contributed by atoms with E-state index in [0.717, 1.165) is 17.8 Å². The fourth-order valence-electron chi connectivity index (χ4n) is 3.48. The van der Waals surface area contributed by atoms with Crippen LogP contribution in [0.4, 0.5) is 24.8 Å². The Bertz CT molecular complexity index is 1190. The van der Waals surface area contributed by atoms with Gasteiger partial charge in [0.25, 0.3) is 0 Å². The molecule has 3 aromatic rings. The van der Waals surface area contributed by atoms with Gasteiger partial charge in [-0.15, -0.1) is 5.10 Å². The number of ether oxygens (including phenoxy) is 1. The summed E-state index contributed by atoms with van der Waals surface area (Å²) >= 11 is 0. The van der Waals surface area contributed by atoms with E-state index in [0.29, 0.717) is 37.6 Å². The quantitative estimate of drug-likeness (QED) is 0.635. The smallest absolute Gasteiger partial charge is 0.378 e. The number of hydrogen-bond acceptors (Lipinski definition) is 6. The SMILES string of the molecule is Cc1cc2c(N3CCOCC3)nc(-c3cnc(NC(=O)C(C)(C)C)cc3C(F)(F)F)nn2c1. The van der Waals surface area contributed by atoms with Gasteiger partial charge in [0.2, 0.25) is 5.91 Å². The third kappa shape index (κ3) is 4.77. The van der Waals surface area contributed by atoms with Crippen molar-refractivity contribution in [2.45, 2.75) is 33.9 Å². The van der Waals surface area contributed by atoms with Crippen LogP contribution in [0.25, 0.3) is 16.9 Å². The molecule has 1 aliphatic rings. The first-order valence-corrected chi connectivity index (χ1v) is 10.5. The molecule has 4 rings (SSSR count). The van der Waals surface area contributed by atoms with Crippen molar-refractivity contribution < 1.29 is 22.7 Å². The first-order chi connectivity index (χ1) is 15.4. The third-order valence-corrected chi connectivity index (χ3v) is 5.26. The minimum Gasteiger partial charge on any atom is -0.378 e. The summed E-state index contributed by atoms with van der Waals surface area (Å²) in [7, 11) is 0. The molecule has 0 unspecified atom stereocenters. The number of carbonyl (C=O) groups excluding carboxylic acids is 1. The van der Waals surface area contributed by atoms with Gasteiger partial charge in [-0.1, -0.05) is 20.8 Å². The number of nitrogens with zero attached hydrogens (tertiary/aromatic N) is 5. The fourth-order valence-corrected chi connectivity index (χ4v) is 3.48. The highest BCUT2D eigenvalue weighted by atomic mass is 19.4. The molecule has 1 aliphatic heterocycles. The molecule has 0 spiro atoms. The summed E-state index contributed by atoms with van der Waals surface area (Å²) in [5, 5.41) is 6.80. The zero-order valence-corrected chi connectivity index (χ0v) is 18.8. The summed E-state index contributed by atoms with van der Waals surface area (Å²) in [6.45, 7) is 9.01. The third-order valence-electron chi connectivity index (χ3n) is 5.26. The number of pyridine rings is 1. The van der Waals surface area contributed by atoms with Crippen LogP contribution in [-0.2, 0) is 15.7 Å². The standard InChI is InChI=1S/C22H25F3N6O2/c1-13-9-16-19(30-5-7-33-8-6-30)28-18(29-31(16)12-13)14-11-26-17(10-15(14)22(23,24)25)27-20(32)21(2,3)4/h9-12H,5-8H2,1-4H3,(H,26,27,32). The molecule has 0 atom stereocenters. The highest BCUT2D eigenvalue weighted by Crippen LogP contribution is 2.38. The lowest BCUT2D eigenvalue weighted by molar-refractivity contribution is -0.137. The maximum absolute atomic E-state index is 14.0. The van der Waals surface area contributed by atoms with Crippen molar-refractivity contribution in [1.29, 1.82) is 0 Å². The van der Waals surface area contributed by atoms with E-state index in [1.807, 2.05) is 17.9 Å². The Labute approximate surface area is 188 Å². The van der Waals surface area contributed by atoms with Gasteiger partial charge in [0.1, 0.15) is 11.3 Å². The van der Waals surface area contributed by atoms with Crippen LogP contribution in [0.15, 0.2) is 24.5 Å². The van der Waals surface area contributed by atoms with Crippen LogP contribution in [-0.4, -0.2) is 51.8 Å². The summed E-state index contributed by atoms with van der Waals surface area (Å²) in [5.41, 5.74) is -0.414. The van der Waals surface area contributed by atoms with Crippen LogP contribution in [0.1, 0.15) is 31.9 Å². The average Bonchev–Trinajstić information content (AvgIpc) is 3.12. The maximum atomic E-state index is 14.0. The molecule has 1 amide bonds. The van der Waals surface area contributed by atoms with Crippen LogP contribution in [0.5, 0.6) is 0 Å². The van der Waals surface area contributed by atoms with Gasteiger partial charge in [-0.2, -0.15) is 13.2 Å². The Balaban J connectivity index is 1.84. The Hall–Kier alpha value is -3.21. The van der Waals surface area contributed by atoms with Crippen LogP contribution in [0.3, 0.4) is 0 Å². The molecule has 0 saturated carbocycles. The number of halogens is 3. The highest BCUT2D eigenvalue weighted by molar-refractivity contribution is 5.94. The van der Waals surface area contributed by atoms with E-state index in [2.05, 4.69) is 20.4 Å². The summed E-state index contributed by atoms with van der Waals surface area (Å²) in [6.07, 6.45) is -1.91.